The highest BCUT2D eigenvalue weighted by atomic mass is 16.7. The van der Waals surface area contributed by atoms with Gasteiger partial charge in [-0.05, 0) is 36.6 Å². The van der Waals surface area contributed by atoms with Crippen LogP contribution in [0.3, 0.4) is 0 Å². The Morgan fingerprint density at radius 3 is 2.60 bits per heavy atom. The van der Waals surface area contributed by atoms with Crippen molar-refractivity contribution in [3.05, 3.63) is 59.7 Å². The molecule has 0 fully saturated rings. The number of rotatable bonds is 7. The first-order chi connectivity index (χ1) is 12.1. The lowest BCUT2D eigenvalue weighted by molar-refractivity contribution is -0.121. The van der Waals surface area contributed by atoms with Gasteiger partial charge in [-0.25, -0.2) is 0 Å². The van der Waals surface area contributed by atoms with Crippen LogP contribution in [0.4, 0.5) is 0 Å². The molecule has 0 aliphatic carbocycles. The Kier molecular flexibility index (Phi) is 5.18. The summed E-state index contributed by atoms with van der Waals surface area (Å²) in [5.74, 6) is 0.293. The van der Waals surface area contributed by atoms with Gasteiger partial charge in [-0.2, -0.15) is 0 Å². The number of hydrogen-bond donors (Lipinski definition) is 2. The predicted octanol–water partition coefficient (Wildman–Crippen LogP) is 1.88. The minimum Gasteiger partial charge on any atom is -0.454 e. The smallest absolute Gasteiger partial charge is 0.251 e. The molecule has 2 aromatic rings. The molecule has 1 aliphatic heterocycles. The second-order valence-electron chi connectivity index (χ2n) is 5.90. The highest BCUT2D eigenvalue weighted by Gasteiger charge is 2.18. The van der Waals surface area contributed by atoms with Crippen molar-refractivity contribution < 1.29 is 19.1 Å². The van der Waals surface area contributed by atoms with Gasteiger partial charge in [0, 0.05) is 18.0 Å². The largest absolute Gasteiger partial charge is 0.454 e. The van der Waals surface area contributed by atoms with Gasteiger partial charge in [0.05, 0.1) is 0 Å². The van der Waals surface area contributed by atoms with E-state index in [4.69, 9.17) is 15.2 Å². The number of hydrogen-bond acceptors (Lipinski definition) is 4. The number of carbonyl (C=O) groups excluding carboxylic acids is 2. The normalized spacial score (nSPS) is 13.3. The minimum atomic E-state index is -0.360. The first-order valence-electron chi connectivity index (χ1n) is 8.14. The van der Waals surface area contributed by atoms with Crippen LogP contribution in [-0.4, -0.2) is 25.2 Å². The number of amides is 2. The van der Waals surface area contributed by atoms with E-state index in [1.54, 1.807) is 18.2 Å². The summed E-state index contributed by atoms with van der Waals surface area (Å²) in [7, 11) is 0. The van der Waals surface area contributed by atoms with Crippen molar-refractivity contribution in [3.8, 4) is 11.5 Å². The summed E-state index contributed by atoms with van der Waals surface area (Å²) < 4.78 is 10.5. The van der Waals surface area contributed by atoms with E-state index in [2.05, 4.69) is 5.32 Å². The van der Waals surface area contributed by atoms with E-state index in [9.17, 15) is 9.59 Å². The van der Waals surface area contributed by atoms with Crippen LogP contribution in [-0.2, 0) is 11.2 Å². The van der Waals surface area contributed by atoms with Crippen LogP contribution in [0.15, 0.2) is 48.5 Å². The third-order valence-electron chi connectivity index (χ3n) is 4.14. The van der Waals surface area contributed by atoms with E-state index in [0.29, 0.717) is 36.4 Å². The Bertz CT molecular complexity index is 761. The summed E-state index contributed by atoms with van der Waals surface area (Å²) in [5, 5.41) is 2.82. The monoisotopic (exact) mass is 340 g/mol. The van der Waals surface area contributed by atoms with Crippen molar-refractivity contribution in [2.75, 3.05) is 13.3 Å². The van der Waals surface area contributed by atoms with E-state index < -0.39 is 0 Å². The number of nitrogens with one attached hydrogen (secondary N) is 1. The first kappa shape index (κ1) is 16.8. The molecule has 0 bridgehead atoms. The van der Waals surface area contributed by atoms with Crippen LogP contribution >= 0.6 is 0 Å². The molecule has 6 nitrogen and oxygen atoms in total. The maximum atomic E-state index is 12.2. The van der Waals surface area contributed by atoms with Crippen LogP contribution in [0.1, 0.15) is 22.3 Å². The Morgan fingerprint density at radius 1 is 1.08 bits per heavy atom. The summed E-state index contributed by atoms with van der Waals surface area (Å²) in [5.41, 5.74) is 7.03. The molecule has 2 amide bonds. The SMILES string of the molecule is NC(=O)C(CCNC(=O)c1ccc2c(c1)OCO2)Cc1ccccc1. The molecule has 0 spiro atoms. The van der Waals surface area contributed by atoms with E-state index in [-0.39, 0.29) is 24.5 Å². The maximum absolute atomic E-state index is 12.2. The van der Waals surface area contributed by atoms with Gasteiger partial charge in [0.15, 0.2) is 11.5 Å². The molecule has 130 valence electrons. The lowest BCUT2D eigenvalue weighted by Gasteiger charge is -2.14. The predicted molar refractivity (Wildman–Crippen MR) is 92.3 cm³/mol. The molecule has 0 saturated carbocycles. The van der Waals surface area contributed by atoms with Crippen LogP contribution in [0, 0.1) is 5.92 Å². The van der Waals surface area contributed by atoms with E-state index >= 15 is 0 Å². The zero-order valence-corrected chi connectivity index (χ0v) is 13.7. The van der Waals surface area contributed by atoms with Crippen molar-refractivity contribution in [2.24, 2.45) is 11.7 Å². The van der Waals surface area contributed by atoms with Gasteiger partial charge >= 0.3 is 0 Å². The number of benzene rings is 2. The van der Waals surface area contributed by atoms with Crippen molar-refractivity contribution in [1.82, 2.24) is 5.32 Å². The highest BCUT2D eigenvalue weighted by molar-refractivity contribution is 5.94. The molecule has 25 heavy (non-hydrogen) atoms. The Hall–Kier alpha value is -3.02. The molecule has 1 unspecified atom stereocenters. The van der Waals surface area contributed by atoms with Gasteiger partial charge in [0.25, 0.3) is 5.91 Å². The van der Waals surface area contributed by atoms with Gasteiger partial charge in [0.2, 0.25) is 12.7 Å². The summed E-state index contributed by atoms with van der Waals surface area (Å²) in [6, 6.07) is 14.7. The lowest BCUT2D eigenvalue weighted by atomic mass is 9.95. The fourth-order valence-corrected chi connectivity index (χ4v) is 2.74. The van der Waals surface area contributed by atoms with Crippen molar-refractivity contribution in [2.45, 2.75) is 12.8 Å². The average Bonchev–Trinajstić information content (AvgIpc) is 3.09. The summed E-state index contributed by atoms with van der Waals surface area (Å²) in [6.07, 6.45) is 1.05. The second kappa shape index (κ2) is 7.70. The number of fused-ring (bicyclic) bond motifs is 1. The average molecular weight is 340 g/mol. The van der Waals surface area contributed by atoms with Crippen molar-refractivity contribution >= 4 is 11.8 Å². The molecule has 0 saturated heterocycles. The zero-order chi connectivity index (χ0) is 17.6. The van der Waals surface area contributed by atoms with Gasteiger partial charge < -0.3 is 20.5 Å². The standard InChI is InChI=1S/C19H20N2O4/c20-18(22)14(10-13-4-2-1-3-5-13)8-9-21-19(23)15-6-7-16-17(11-15)25-12-24-16/h1-7,11,14H,8-10,12H2,(H2,20,22)(H,21,23). The maximum Gasteiger partial charge on any atom is 0.251 e. The zero-order valence-electron chi connectivity index (χ0n) is 13.7. The van der Waals surface area contributed by atoms with E-state index in [1.807, 2.05) is 30.3 Å². The van der Waals surface area contributed by atoms with Crippen LogP contribution in [0.5, 0.6) is 11.5 Å². The van der Waals surface area contributed by atoms with E-state index in [0.717, 1.165) is 5.56 Å². The van der Waals surface area contributed by atoms with Gasteiger partial charge in [-0.1, -0.05) is 30.3 Å². The molecule has 3 N–H and O–H groups in total. The van der Waals surface area contributed by atoms with Crippen molar-refractivity contribution in [1.29, 1.82) is 0 Å². The lowest BCUT2D eigenvalue weighted by Crippen LogP contribution is -2.31. The van der Waals surface area contributed by atoms with Crippen LogP contribution < -0.4 is 20.5 Å². The third kappa shape index (κ3) is 4.29. The molecule has 2 aromatic carbocycles. The molecule has 3 rings (SSSR count). The Morgan fingerprint density at radius 2 is 1.84 bits per heavy atom. The molecule has 0 aromatic heterocycles. The highest BCUT2D eigenvalue weighted by Crippen LogP contribution is 2.32. The second-order valence-corrected chi connectivity index (χ2v) is 5.90. The molecular formula is C19H20N2O4. The van der Waals surface area contributed by atoms with Crippen LogP contribution in [0.25, 0.3) is 0 Å². The number of nitrogens with two attached hydrogens (primary N) is 1. The summed E-state index contributed by atoms with van der Waals surface area (Å²) >= 11 is 0. The topological polar surface area (TPSA) is 90.7 Å². The van der Waals surface area contributed by atoms with Gasteiger partial charge in [-0.15, -0.1) is 0 Å². The first-order valence-corrected chi connectivity index (χ1v) is 8.14. The fourth-order valence-electron chi connectivity index (χ4n) is 2.74. The molecule has 1 heterocycles. The summed E-state index contributed by atoms with van der Waals surface area (Å²) in [6.45, 7) is 0.536. The minimum absolute atomic E-state index is 0.167. The van der Waals surface area contributed by atoms with Gasteiger partial charge in [-0.3, -0.25) is 9.59 Å². The molecule has 1 atom stereocenters. The Labute approximate surface area is 145 Å². The van der Waals surface area contributed by atoms with Crippen LogP contribution in [0.2, 0.25) is 0 Å². The Balaban J connectivity index is 1.53. The quantitative estimate of drug-likeness (QED) is 0.805. The number of ether oxygens (including phenoxy) is 2. The fraction of sp³-hybridized carbons (Fsp3) is 0.263. The summed E-state index contributed by atoms with van der Waals surface area (Å²) in [4.78, 5) is 23.9. The molecular weight excluding hydrogens is 320 g/mol. The molecule has 0 radical (unpaired) electrons. The van der Waals surface area contributed by atoms with Crippen molar-refractivity contribution in [3.63, 3.8) is 0 Å². The number of carbonyl (C=O) groups is 2. The third-order valence-corrected chi connectivity index (χ3v) is 4.14. The molecule has 1 aliphatic rings. The molecule has 6 heteroatoms. The van der Waals surface area contributed by atoms with E-state index in [1.165, 1.54) is 0 Å². The number of primary amides is 1. The van der Waals surface area contributed by atoms with Gasteiger partial charge in [0.1, 0.15) is 0 Å².